The van der Waals surface area contributed by atoms with Crippen LogP contribution in [0.1, 0.15) is 15.9 Å². The highest BCUT2D eigenvalue weighted by molar-refractivity contribution is 6.30. The van der Waals surface area contributed by atoms with Crippen LogP contribution in [-0.4, -0.2) is 6.29 Å². The molecule has 2 aromatic carbocycles. The average Bonchev–Trinajstić information content (AvgIpc) is 2.37. The Kier molecular flexibility index (Phi) is 3.63. The number of aldehydes is 1. The van der Waals surface area contributed by atoms with Gasteiger partial charge in [0.1, 0.15) is 12.0 Å². The second kappa shape index (κ2) is 5.19. The fourth-order valence-corrected chi connectivity index (χ4v) is 1.71. The van der Waals surface area contributed by atoms with Crippen molar-refractivity contribution >= 4 is 17.9 Å². The highest BCUT2D eigenvalue weighted by Crippen LogP contribution is 2.30. The van der Waals surface area contributed by atoms with Gasteiger partial charge in [-0.2, -0.15) is 0 Å². The van der Waals surface area contributed by atoms with Gasteiger partial charge in [-0.3, -0.25) is 4.79 Å². The Morgan fingerprint density at radius 3 is 2.67 bits per heavy atom. The maximum atomic E-state index is 13.7. The maximum absolute atomic E-state index is 13.7. The van der Waals surface area contributed by atoms with Crippen molar-refractivity contribution in [3.05, 3.63) is 58.4 Å². The van der Waals surface area contributed by atoms with Crippen LogP contribution in [-0.2, 0) is 0 Å². The van der Waals surface area contributed by atoms with Gasteiger partial charge in [-0.25, -0.2) is 4.39 Å². The second-order valence-electron chi connectivity index (χ2n) is 3.80. The van der Waals surface area contributed by atoms with Crippen LogP contribution in [0, 0.1) is 12.7 Å². The molecule has 4 heteroatoms. The zero-order valence-electron chi connectivity index (χ0n) is 9.61. The Hall–Kier alpha value is -1.87. The van der Waals surface area contributed by atoms with Gasteiger partial charge in [-0.05, 0) is 42.8 Å². The molecule has 0 atom stereocenters. The first-order valence-electron chi connectivity index (χ1n) is 5.29. The number of ether oxygens (including phenoxy) is 1. The lowest BCUT2D eigenvalue weighted by molar-refractivity contribution is 0.112. The Bertz CT molecular complexity index is 596. The van der Waals surface area contributed by atoms with Crippen LogP contribution < -0.4 is 4.74 Å². The molecule has 2 aromatic rings. The topological polar surface area (TPSA) is 26.3 Å². The SMILES string of the molecule is Cc1cc(C=O)ccc1Oc1cccc(Cl)c1F. The summed E-state index contributed by atoms with van der Waals surface area (Å²) < 4.78 is 19.1. The Balaban J connectivity index is 2.34. The van der Waals surface area contributed by atoms with E-state index in [4.69, 9.17) is 16.3 Å². The van der Waals surface area contributed by atoms with Gasteiger partial charge in [0.15, 0.2) is 11.6 Å². The molecule has 0 saturated carbocycles. The van der Waals surface area contributed by atoms with Gasteiger partial charge < -0.3 is 4.74 Å². The first-order chi connectivity index (χ1) is 8.61. The highest BCUT2D eigenvalue weighted by atomic mass is 35.5. The number of hydrogen-bond donors (Lipinski definition) is 0. The molecule has 0 N–H and O–H groups in total. The van der Waals surface area contributed by atoms with Crippen molar-refractivity contribution < 1.29 is 13.9 Å². The van der Waals surface area contributed by atoms with Gasteiger partial charge in [0.2, 0.25) is 0 Å². The standard InChI is InChI=1S/C14H10ClFO2/c1-9-7-10(8-17)5-6-12(9)18-13-4-2-3-11(15)14(13)16/h2-8H,1H3. The minimum absolute atomic E-state index is 0.00895. The lowest BCUT2D eigenvalue weighted by atomic mass is 10.1. The van der Waals surface area contributed by atoms with E-state index in [0.29, 0.717) is 11.3 Å². The van der Waals surface area contributed by atoms with Crippen molar-refractivity contribution in [2.45, 2.75) is 6.92 Å². The van der Waals surface area contributed by atoms with Gasteiger partial charge in [0.25, 0.3) is 0 Å². The summed E-state index contributed by atoms with van der Waals surface area (Å²) in [6.45, 7) is 1.78. The summed E-state index contributed by atoms with van der Waals surface area (Å²) in [6.07, 6.45) is 0.747. The Morgan fingerprint density at radius 1 is 1.22 bits per heavy atom. The summed E-state index contributed by atoms with van der Waals surface area (Å²) in [5.74, 6) is -0.0516. The van der Waals surface area contributed by atoms with Crippen molar-refractivity contribution in [2.75, 3.05) is 0 Å². The number of halogens is 2. The van der Waals surface area contributed by atoms with E-state index in [0.717, 1.165) is 11.8 Å². The number of carbonyl (C=O) groups excluding carboxylic acids is 1. The summed E-state index contributed by atoms with van der Waals surface area (Å²) in [5.41, 5.74) is 1.30. The number of carbonyl (C=O) groups is 1. The summed E-state index contributed by atoms with van der Waals surface area (Å²) in [7, 11) is 0. The van der Waals surface area contributed by atoms with E-state index in [2.05, 4.69) is 0 Å². The third kappa shape index (κ3) is 2.51. The molecular weight excluding hydrogens is 255 g/mol. The number of hydrogen-bond acceptors (Lipinski definition) is 2. The van der Waals surface area contributed by atoms with E-state index in [9.17, 15) is 9.18 Å². The molecule has 0 heterocycles. The van der Waals surface area contributed by atoms with Gasteiger partial charge in [-0.1, -0.05) is 17.7 Å². The molecule has 0 bridgehead atoms. The van der Waals surface area contributed by atoms with E-state index < -0.39 is 5.82 Å². The minimum atomic E-state index is -0.599. The molecule has 2 nitrogen and oxygen atoms in total. The van der Waals surface area contributed by atoms with Crippen LogP contribution in [0.15, 0.2) is 36.4 Å². The summed E-state index contributed by atoms with van der Waals surface area (Å²) in [5, 5.41) is 0.00895. The highest BCUT2D eigenvalue weighted by Gasteiger charge is 2.09. The molecule has 0 aliphatic carbocycles. The predicted molar refractivity (Wildman–Crippen MR) is 68.1 cm³/mol. The van der Waals surface area contributed by atoms with Gasteiger partial charge in [0, 0.05) is 5.56 Å². The molecule has 0 fully saturated rings. The van der Waals surface area contributed by atoms with E-state index in [1.165, 1.54) is 12.1 Å². The summed E-state index contributed by atoms with van der Waals surface area (Å²) in [6, 6.07) is 9.46. The van der Waals surface area contributed by atoms with Crippen molar-refractivity contribution in [3.63, 3.8) is 0 Å². The maximum Gasteiger partial charge on any atom is 0.184 e. The zero-order valence-corrected chi connectivity index (χ0v) is 10.4. The van der Waals surface area contributed by atoms with E-state index >= 15 is 0 Å². The molecule has 0 aromatic heterocycles. The smallest absolute Gasteiger partial charge is 0.184 e. The Labute approximate surface area is 109 Å². The zero-order chi connectivity index (χ0) is 13.1. The molecule has 0 radical (unpaired) electrons. The number of rotatable bonds is 3. The van der Waals surface area contributed by atoms with E-state index in [1.807, 2.05) is 0 Å². The van der Waals surface area contributed by atoms with E-state index in [-0.39, 0.29) is 10.8 Å². The monoisotopic (exact) mass is 264 g/mol. The minimum Gasteiger partial charge on any atom is -0.454 e. The molecule has 0 unspecified atom stereocenters. The van der Waals surface area contributed by atoms with Gasteiger partial charge in [-0.15, -0.1) is 0 Å². The molecule has 0 amide bonds. The largest absolute Gasteiger partial charge is 0.454 e. The van der Waals surface area contributed by atoms with Crippen LogP contribution >= 0.6 is 11.6 Å². The predicted octanol–water partition coefficient (Wildman–Crippen LogP) is 4.39. The second-order valence-corrected chi connectivity index (χ2v) is 4.20. The van der Waals surface area contributed by atoms with Crippen LogP contribution in [0.25, 0.3) is 0 Å². The van der Waals surface area contributed by atoms with Crippen LogP contribution in [0.3, 0.4) is 0 Å². The third-order valence-electron chi connectivity index (χ3n) is 2.47. The number of benzene rings is 2. The fraction of sp³-hybridized carbons (Fsp3) is 0.0714. The normalized spacial score (nSPS) is 10.2. The van der Waals surface area contributed by atoms with E-state index in [1.54, 1.807) is 31.2 Å². The fourth-order valence-electron chi connectivity index (χ4n) is 1.54. The molecule has 2 rings (SSSR count). The average molecular weight is 265 g/mol. The van der Waals surface area contributed by atoms with Gasteiger partial charge >= 0.3 is 0 Å². The first kappa shape index (κ1) is 12.6. The molecule has 92 valence electrons. The lowest BCUT2D eigenvalue weighted by Crippen LogP contribution is -1.92. The van der Waals surface area contributed by atoms with Gasteiger partial charge in [0.05, 0.1) is 5.02 Å². The van der Waals surface area contributed by atoms with Crippen LogP contribution in [0.2, 0.25) is 5.02 Å². The number of aryl methyl sites for hydroxylation is 1. The molecule has 0 aliphatic rings. The molecule has 18 heavy (non-hydrogen) atoms. The summed E-state index contributed by atoms with van der Waals surface area (Å²) in [4.78, 5) is 10.6. The quantitative estimate of drug-likeness (QED) is 0.769. The van der Waals surface area contributed by atoms with Crippen LogP contribution in [0.4, 0.5) is 4.39 Å². The summed E-state index contributed by atoms with van der Waals surface area (Å²) >= 11 is 5.67. The lowest BCUT2D eigenvalue weighted by Gasteiger charge is -2.10. The van der Waals surface area contributed by atoms with Crippen molar-refractivity contribution in [1.82, 2.24) is 0 Å². The molecular formula is C14H10ClFO2. The Morgan fingerprint density at radius 2 is 2.00 bits per heavy atom. The first-order valence-corrected chi connectivity index (χ1v) is 5.67. The molecule has 0 saturated heterocycles. The molecule has 0 spiro atoms. The third-order valence-corrected chi connectivity index (χ3v) is 2.76. The van der Waals surface area contributed by atoms with Crippen LogP contribution in [0.5, 0.6) is 11.5 Å². The van der Waals surface area contributed by atoms with Crippen molar-refractivity contribution in [2.24, 2.45) is 0 Å². The molecule has 0 aliphatic heterocycles. The van der Waals surface area contributed by atoms with Crippen molar-refractivity contribution in [1.29, 1.82) is 0 Å². The van der Waals surface area contributed by atoms with Crippen molar-refractivity contribution in [3.8, 4) is 11.5 Å².